The molecular formula is C14H21NO. The van der Waals surface area contributed by atoms with Crippen LogP contribution in [0.5, 0.6) is 0 Å². The van der Waals surface area contributed by atoms with Crippen molar-refractivity contribution in [3.8, 4) is 0 Å². The van der Waals surface area contributed by atoms with E-state index in [-0.39, 0.29) is 5.41 Å². The summed E-state index contributed by atoms with van der Waals surface area (Å²) in [6.07, 6.45) is 2.38. The van der Waals surface area contributed by atoms with Crippen molar-refractivity contribution in [1.29, 1.82) is 0 Å². The van der Waals surface area contributed by atoms with E-state index in [0.29, 0.717) is 6.61 Å². The summed E-state index contributed by atoms with van der Waals surface area (Å²) in [5, 5.41) is 9.34. The van der Waals surface area contributed by atoms with E-state index in [2.05, 4.69) is 42.2 Å². The Labute approximate surface area is 97.9 Å². The summed E-state index contributed by atoms with van der Waals surface area (Å²) < 4.78 is 0. The minimum Gasteiger partial charge on any atom is -0.396 e. The molecule has 0 spiro atoms. The molecule has 2 heteroatoms. The molecule has 1 aliphatic rings. The van der Waals surface area contributed by atoms with Crippen LogP contribution in [0, 0.1) is 5.41 Å². The molecule has 0 radical (unpaired) electrons. The smallest absolute Gasteiger partial charge is 0.0499 e. The van der Waals surface area contributed by atoms with Crippen LogP contribution in [0.4, 0.5) is 0 Å². The number of hydrogen-bond acceptors (Lipinski definition) is 2. The van der Waals surface area contributed by atoms with E-state index in [1.807, 2.05) is 0 Å². The van der Waals surface area contributed by atoms with Gasteiger partial charge in [-0.2, -0.15) is 0 Å². The van der Waals surface area contributed by atoms with Gasteiger partial charge in [-0.05, 0) is 24.9 Å². The zero-order valence-corrected chi connectivity index (χ0v) is 10.0. The molecule has 0 bridgehead atoms. The van der Waals surface area contributed by atoms with Gasteiger partial charge in [-0.15, -0.1) is 0 Å². The van der Waals surface area contributed by atoms with Crippen LogP contribution in [0.25, 0.3) is 0 Å². The summed E-state index contributed by atoms with van der Waals surface area (Å²) in [5.41, 5.74) is 1.59. The molecule has 88 valence electrons. The summed E-state index contributed by atoms with van der Waals surface area (Å²) in [7, 11) is 0. The largest absolute Gasteiger partial charge is 0.396 e. The SMILES string of the molecule is CCN(Cc1ccccc1)CC1(CO)CC1. The van der Waals surface area contributed by atoms with Crippen molar-refractivity contribution in [2.45, 2.75) is 26.3 Å². The van der Waals surface area contributed by atoms with Crippen LogP contribution in [0.2, 0.25) is 0 Å². The van der Waals surface area contributed by atoms with Gasteiger partial charge in [0.1, 0.15) is 0 Å². The molecule has 1 saturated carbocycles. The molecule has 1 aromatic carbocycles. The van der Waals surface area contributed by atoms with Gasteiger partial charge in [0, 0.05) is 25.1 Å². The van der Waals surface area contributed by atoms with Crippen LogP contribution in [0.1, 0.15) is 25.3 Å². The Kier molecular flexibility index (Phi) is 3.62. The maximum Gasteiger partial charge on any atom is 0.0499 e. The van der Waals surface area contributed by atoms with E-state index in [1.54, 1.807) is 0 Å². The Bertz CT molecular complexity index is 319. The maximum absolute atomic E-state index is 9.34. The number of hydrogen-bond donors (Lipinski definition) is 1. The maximum atomic E-state index is 9.34. The Morgan fingerprint density at radius 3 is 2.44 bits per heavy atom. The van der Waals surface area contributed by atoms with Gasteiger partial charge in [0.25, 0.3) is 0 Å². The number of aliphatic hydroxyl groups excluding tert-OH is 1. The van der Waals surface area contributed by atoms with Gasteiger partial charge in [-0.1, -0.05) is 37.3 Å². The van der Waals surface area contributed by atoms with Gasteiger partial charge < -0.3 is 5.11 Å². The Hall–Kier alpha value is -0.860. The lowest BCUT2D eigenvalue weighted by Crippen LogP contribution is -2.31. The van der Waals surface area contributed by atoms with Gasteiger partial charge in [0.15, 0.2) is 0 Å². The van der Waals surface area contributed by atoms with E-state index < -0.39 is 0 Å². The van der Waals surface area contributed by atoms with Crippen molar-refractivity contribution in [2.24, 2.45) is 5.41 Å². The van der Waals surface area contributed by atoms with Crippen molar-refractivity contribution in [1.82, 2.24) is 4.90 Å². The van der Waals surface area contributed by atoms with E-state index in [4.69, 9.17) is 0 Å². The summed E-state index contributed by atoms with van der Waals surface area (Å²) in [4.78, 5) is 2.43. The lowest BCUT2D eigenvalue weighted by molar-refractivity contribution is 0.148. The van der Waals surface area contributed by atoms with Crippen LogP contribution in [0.3, 0.4) is 0 Å². The van der Waals surface area contributed by atoms with Crippen LogP contribution in [-0.4, -0.2) is 29.7 Å². The normalized spacial score (nSPS) is 17.7. The third kappa shape index (κ3) is 2.83. The monoisotopic (exact) mass is 219 g/mol. The fourth-order valence-electron chi connectivity index (χ4n) is 2.14. The molecule has 1 fully saturated rings. The molecule has 0 aliphatic heterocycles. The Morgan fingerprint density at radius 2 is 1.94 bits per heavy atom. The molecule has 0 aromatic heterocycles. The van der Waals surface area contributed by atoms with Crippen molar-refractivity contribution in [3.63, 3.8) is 0 Å². The molecule has 1 aliphatic carbocycles. The van der Waals surface area contributed by atoms with Gasteiger partial charge in [-0.3, -0.25) is 4.90 Å². The van der Waals surface area contributed by atoms with Crippen LogP contribution in [-0.2, 0) is 6.54 Å². The average molecular weight is 219 g/mol. The highest BCUT2D eigenvalue weighted by atomic mass is 16.3. The zero-order valence-electron chi connectivity index (χ0n) is 10.0. The molecule has 0 atom stereocenters. The number of rotatable bonds is 6. The van der Waals surface area contributed by atoms with Crippen molar-refractivity contribution in [3.05, 3.63) is 35.9 Å². The summed E-state index contributed by atoms with van der Waals surface area (Å²) in [5.74, 6) is 0. The second kappa shape index (κ2) is 4.98. The minimum atomic E-state index is 0.227. The number of benzene rings is 1. The lowest BCUT2D eigenvalue weighted by Gasteiger charge is -2.25. The molecule has 16 heavy (non-hydrogen) atoms. The first-order valence-electron chi connectivity index (χ1n) is 6.15. The van der Waals surface area contributed by atoms with Crippen molar-refractivity contribution in [2.75, 3.05) is 19.7 Å². The standard InChI is InChI=1S/C14H21NO/c1-2-15(11-14(12-16)8-9-14)10-13-6-4-3-5-7-13/h3-7,16H,2,8-12H2,1H3. The predicted octanol–water partition coefficient (Wildman–Crippen LogP) is 2.28. The van der Waals surface area contributed by atoms with E-state index in [1.165, 1.54) is 18.4 Å². The Balaban J connectivity index is 1.91. The molecule has 1 N–H and O–H groups in total. The van der Waals surface area contributed by atoms with Gasteiger partial charge in [-0.25, -0.2) is 0 Å². The van der Waals surface area contributed by atoms with E-state index in [9.17, 15) is 5.11 Å². The van der Waals surface area contributed by atoms with E-state index >= 15 is 0 Å². The number of nitrogens with zero attached hydrogens (tertiary/aromatic N) is 1. The van der Waals surface area contributed by atoms with Gasteiger partial charge in [0.2, 0.25) is 0 Å². The quantitative estimate of drug-likeness (QED) is 0.793. The first-order valence-corrected chi connectivity index (χ1v) is 6.15. The van der Waals surface area contributed by atoms with Gasteiger partial charge in [0.05, 0.1) is 0 Å². The molecule has 0 amide bonds. The number of aliphatic hydroxyl groups is 1. The molecule has 0 heterocycles. The first-order chi connectivity index (χ1) is 7.78. The Morgan fingerprint density at radius 1 is 1.25 bits per heavy atom. The van der Waals surface area contributed by atoms with Crippen LogP contribution < -0.4 is 0 Å². The highest BCUT2D eigenvalue weighted by Crippen LogP contribution is 2.45. The topological polar surface area (TPSA) is 23.5 Å². The molecular weight excluding hydrogens is 198 g/mol. The molecule has 2 nitrogen and oxygen atoms in total. The van der Waals surface area contributed by atoms with Crippen LogP contribution >= 0.6 is 0 Å². The minimum absolute atomic E-state index is 0.227. The van der Waals surface area contributed by atoms with Crippen molar-refractivity contribution < 1.29 is 5.11 Å². The first kappa shape index (κ1) is 11.6. The summed E-state index contributed by atoms with van der Waals surface area (Å²) >= 11 is 0. The molecule has 0 saturated heterocycles. The third-order valence-electron chi connectivity index (χ3n) is 3.55. The molecule has 2 rings (SSSR count). The zero-order chi connectivity index (χ0) is 11.4. The van der Waals surface area contributed by atoms with E-state index in [0.717, 1.165) is 19.6 Å². The van der Waals surface area contributed by atoms with Crippen molar-refractivity contribution >= 4 is 0 Å². The summed E-state index contributed by atoms with van der Waals surface area (Å²) in [6, 6.07) is 10.6. The average Bonchev–Trinajstić information content (AvgIpc) is 3.10. The predicted molar refractivity (Wildman–Crippen MR) is 66.1 cm³/mol. The third-order valence-corrected chi connectivity index (χ3v) is 3.55. The molecule has 0 unspecified atom stereocenters. The lowest BCUT2D eigenvalue weighted by atomic mass is 10.1. The highest BCUT2D eigenvalue weighted by Gasteiger charge is 2.42. The summed E-state index contributed by atoms with van der Waals surface area (Å²) in [6.45, 7) is 5.62. The highest BCUT2D eigenvalue weighted by molar-refractivity contribution is 5.14. The second-order valence-electron chi connectivity index (χ2n) is 4.95. The van der Waals surface area contributed by atoms with Gasteiger partial charge >= 0.3 is 0 Å². The second-order valence-corrected chi connectivity index (χ2v) is 4.95. The fourth-order valence-corrected chi connectivity index (χ4v) is 2.14. The van der Waals surface area contributed by atoms with Crippen LogP contribution in [0.15, 0.2) is 30.3 Å². The fraction of sp³-hybridized carbons (Fsp3) is 0.571. The molecule has 1 aromatic rings.